The summed E-state index contributed by atoms with van der Waals surface area (Å²) in [5.74, 6) is 0.603. The van der Waals surface area contributed by atoms with Crippen molar-refractivity contribution in [2.45, 2.75) is 26.2 Å². The largest absolute Gasteiger partial charge is 0.383 e. The van der Waals surface area contributed by atoms with Crippen molar-refractivity contribution >= 4 is 5.91 Å². The highest BCUT2D eigenvalue weighted by Crippen LogP contribution is 2.11. The Labute approximate surface area is 117 Å². The zero-order chi connectivity index (χ0) is 14.1. The maximum absolute atomic E-state index is 12.2. The summed E-state index contributed by atoms with van der Waals surface area (Å²) in [4.78, 5) is 16.6. The van der Waals surface area contributed by atoms with Crippen LogP contribution >= 0.6 is 0 Å². The van der Waals surface area contributed by atoms with E-state index in [1.54, 1.807) is 7.11 Å². The van der Waals surface area contributed by atoms with Crippen molar-refractivity contribution in [2.75, 3.05) is 53.0 Å². The number of carbonyl (C=O) groups is 1. The third-order valence-electron chi connectivity index (χ3n) is 3.93. The SMILES string of the molecule is CCC(CN)CC(=O)N1CCCN(CCOC)CC1. The van der Waals surface area contributed by atoms with Crippen molar-refractivity contribution in [1.82, 2.24) is 9.80 Å². The van der Waals surface area contributed by atoms with Gasteiger partial charge in [-0.2, -0.15) is 0 Å². The van der Waals surface area contributed by atoms with E-state index in [0.29, 0.717) is 18.9 Å². The highest BCUT2D eigenvalue weighted by molar-refractivity contribution is 5.76. The van der Waals surface area contributed by atoms with Crippen LogP contribution < -0.4 is 5.73 Å². The van der Waals surface area contributed by atoms with E-state index in [9.17, 15) is 4.79 Å². The van der Waals surface area contributed by atoms with E-state index in [1.165, 1.54) is 0 Å². The fraction of sp³-hybridized carbons (Fsp3) is 0.929. The van der Waals surface area contributed by atoms with Crippen LogP contribution in [0, 0.1) is 5.92 Å². The van der Waals surface area contributed by atoms with Crippen LogP contribution in [0.2, 0.25) is 0 Å². The molecule has 5 heteroatoms. The van der Waals surface area contributed by atoms with Gasteiger partial charge in [-0.05, 0) is 25.4 Å². The van der Waals surface area contributed by atoms with Gasteiger partial charge in [-0.25, -0.2) is 0 Å². The molecule has 1 unspecified atom stereocenters. The molecule has 1 saturated heterocycles. The summed E-state index contributed by atoms with van der Waals surface area (Å²) >= 11 is 0. The minimum absolute atomic E-state index is 0.269. The van der Waals surface area contributed by atoms with Crippen LogP contribution in [0.15, 0.2) is 0 Å². The van der Waals surface area contributed by atoms with Crippen molar-refractivity contribution in [3.8, 4) is 0 Å². The molecule has 1 aliphatic heterocycles. The summed E-state index contributed by atoms with van der Waals surface area (Å²) < 4.78 is 5.11. The van der Waals surface area contributed by atoms with Crippen molar-refractivity contribution in [3.05, 3.63) is 0 Å². The molecule has 0 spiro atoms. The van der Waals surface area contributed by atoms with Crippen LogP contribution in [0.3, 0.4) is 0 Å². The minimum Gasteiger partial charge on any atom is -0.383 e. The molecule has 1 aliphatic rings. The molecule has 2 N–H and O–H groups in total. The Balaban J connectivity index is 2.36. The predicted molar refractivity (Wildman–Crippen MR) is 77.0 cm³/mol. The first-order valence-electron chi connectivity index (χ1n) is 7.40. The predicted octanol–water partition coefficient (Wildman–Crippen LogP) is 0.542. The van der Waals surface area contributed by atoms with Crippen LogP contribution in [0.1, 0.15) is 26.2 Å². The van der Waals surface area contributed by atoms with Crippen LogP contribution in [-0.2, 0) is 9.53 Å². The van der Waals surface area contributed by atoms with E-state index in [4.69, 9.17) is 10.5 Å². The molecule has 1 amide bonds. The number of methoxy groups -OCH3 is 1. The number of ether oxygens (including phenoxy) is 1. The molecular formula is C14H29N3O2. The van der Waals surface area contributed by atoms with Gasteiger partial charge in [0.05, 0.1) is 6.61 Å². The second-order valence-electron chi connectivity index (χ2n) is 5.28. The minimum atomic E-state index is 0.269. The Bertz CT molecular complexity index is 257. The number of hydrogen-bond donors (Lipinski definition) is 1. The Morgan fingerprint density at radius 1 is 1.32 bits per heavy atom. The van der Waals surface area contributed by atoms with Crippen molar-refractivity contribution in [2.24, 2.45) is 11.7 Å². The number of carbonyl (C=O) groups excluding carboxylic acids is 1. The van der Waals surface area contributed by atoms with Crippen molar-refractivity contribution < 1.29 is 9.53 Å². The second-order valence-corrected chi connectivity index (χ2v) is 5.28. The summed E-state index contributed by atoms with van der Waals surface area (Å²) in [6.45, 7) is 8.15. The Morgan fingerprint density at radius 2 is 2.11 bits per heavy atom. The lowest BCUT2D eigenvalue weighted by molar-refractivity contribution is -0.132. The molecule has 112 valence electrons. The van der Waals surface area contributed by atoms with Gasteiger partial charge in [-0.3, -0.25) is 9.69 Å². The molecular weight excluding hydrogens is 242 g/mol. The summed E-state index contributed by atoms with van der Waals surface area (Å²) in [7, 11) is 1.73. The third kappa shape index (κ3) is 5.89. The van der Waals surface area contributed by atoms with Crippen LogP contribution in [0.4, 0.5) is 0 Å². The first kappa shape index (κ1) is 16.4. The summed E-state index contributed by atoms with van der Waals surface area (Å²) in [6.07, 6.45) is 2.63. The molecule has 0 aromatic carbocycles. The lowest BCUT2D eigenvalue weighted by Gasteiger charge is -2.23. The molecule has 0 aromatic heterocycles. The zero-order valence-corrected chi connectivity index (χ0v) is 12.4. The second kappa shape index (κ2) is 9.28. The van der Waals surface area contributed by atoms with E-state index in [-0.39, 0.29) is 5.91 Å². The normalized spacial score (nSPS) is 19.2. The van der Waals surface area contributed by atoms with Gasteiger partial charge in [0.1, 0.15) is 0 Å². The molecule has 1 heterocycles. The van der Waals surface area contributed by atoms with Gasteiger partial charge in [-0.15, -0.1) is 0 Å². The summed E-state index contributed by atoms with van der Waals surface area (Å²) in [6, 6.07) is 0. The van der Waals surface area contributed by atoms with Crippen LogP contribution in [0.5, 0.6) is 0 Å². The maximum Gasteiger partial charge on any atom is 0.222 e. The molecule has 1 rings (SSSR count). The van der Waals surface area contributed by atoms with Crippen LogP contribution in [-0.4, -0.2) is 68.7 Å². The lowest BCUT2D eigenvalue weighted by atomic mass is 10.0. The van der Waals surface area contributed by atoms with Crippen molar-refractivity contribution in [3.63, 3.8) is 0 Å². The van der Waals surface area contributed by atoms with E-state index >= 15 is 0 Å². The van der Waals surface area contributed by atoms with E-state index in [0.717, 1.165) is 52.2 Å². The van der Waals surface area contributed by atoms with Gasteiger partial charge in [0.25, 0.3) is 0 Å². The maximum atomic E-state index is 12.2. The summed E-state index contributed by atoms with van der Waals surface area (Å²) in [5, 5.41) is 0. The molecule has 0 saturated carbocycles. The number of nitrogens with two attached hydrogens (primary N) is 1. The van der Waals surface area contributed by atoms with Crippen LogP contribution in [0.25, 0.3) is 0 Å². The number of rotatable bonds is 7. The molecule has 1 atom stereocenters. The van der Waals surface area contributed by atoms with Gasteiger partial charge in [-0.1, -0.05) is 13.3 Å². The topological polar surface area (TPSA) is 58.8 Å². The molecule has 19 heavy (non-hydrogen) atoms. The Morgan fingerprint density at radius 3 is 2.74 bits per heavy atom. The zero-order valence-electron chi connectivity index (χ0n) is 12.4. The Kier molecular flexibility index (Phi) is 8.02. The smallest absolute Gasteiger partial charge is 0.222 e. The van der Waals surface area contributed by atoms with Crippen molar-refractivity contribution in [1.29, 1.82) is 0 Å². The average molecular weight is 271 g/mol. The molecule has 0 radical (unpaired) electrons. The van der Waals surface area contributed by atoms with Gasteiger partial charge in [0.15, 0.2) is 0 Å². The Hall–Kier alpha value is -0.650. The first-order chi connectivity index (χ1) is 9.21. The molecule has 0 aliphatic carbocycles. The highest BCUT2D eigenvalue weighted by atomic mass is 16.5. The monoisotopic (exact) mass is 271 g/mol. The molecule has 0 bridgehead atoms. The van der Waals surface area contributed by atoms with Gasteiger partial charge < -0.3 is 15.4 Å². The third-order valence-corrected chi connectivity index (χ3v) is 3.93. The molecule has 0 aromatic rings. The molecule has 5 nitrogen and oxygen atoms in total. The van der Waals surface area contributed by atoms with Gasteiger partial charge >= 0.3 is 0 Å². The van der Waals surface area contributed by atoms with E-state index < -0.39 is 0 Å². The van der Waals surface area contributed by atoms with Gasteiger partial charge in [0, 0.05) is 39.7 Å². The first-order valence-corrected chi connectivity index (χ1v) is 7.40. The standard InChI is InChI=1S/C14H29N3O2/c1-3-13(12-15)11-14(18)17-6-4-5-16(7-8-17)9-10-19-2/h13H,3-12,15H2,1-2H3. The van der Waals surface area contributed by atoms with E-state index in [1.807, 2.05) is 4.90 Å². The number of amides is 1. The number of hydrogen-bond acceptors (Lipinski definition) is 4. The number of nitrogens with zero attached hydrogens (tertiary/aromatic N) is 2. The fourth-order valence-electron chi connectivity index (χ4n) is 2.43. The van der Waals surface area contributed by atoms with Gasteiger partial charge in [0.2, 0.25) is 5.91 Å². The lowest BCUT2D eigenvalue weighted by Crippen LogP contribution is -2.37. The quantitative estimate of drug-likeness (QED) is 0.734. The molecule has 1 fully saturated rings. The van der Waals surface area contributed by atoms with E-state index in [2.05, 4.69) is 11.8 Å². The fourth-order valence-corrected chi connectivity index (χ4v) is 2.43. The highest BCUT2D eigenvalue weighted by Gasteiger charge is 2.20. The average Bonchev–Trinajstić information content (AvgIpc) is 2.67. The summed E-state index contributed by atoms with van der Waals surface area (Å²) in [5.41, 5.74) is 5.68.